The fraction of sp³-hybridized carbons (Fsp3) is 0.357. The van der Waals surface area contributed by atoms with Crippen molar-refractivity contribution in [3.05, 3.63) is 72.8 Å². The average Bonchev–Trinajstić information content (AvgIpc) is 2.76. The quantitative estimate of drug-likeness (QED) is 0.182. The highest BCUT2D eigenvalue weighted by atomic mass is 32.2. The van der Waals surface area contributed by atoms with Crippen LogP contribution in [0.2, 0.25) is 51.4 Å². The molecule has 34 heavy (non-hydrogen) atoms. The van der Waals surface area contributed by atoms with Crippen LogP contribution in [0.1, 0.15) is 0 Å². The number of thioether (sulfide) groups is 2. The fourth-order valence-corrected chi connectivity index (χ4v) is 10.0. The van der Waals surface area contributed by atoms with Gasteiger partial charge in [0.25, 0.3) is 0 Å². The van der Waals surface area contributed by atoms with Gasteiger partial charge in [0.2, 0.25) is 0 Å². The van der Waals surface area contributed by atoms with E-state index in [1.165, 1.54) is 33.4 Å². The van der Waals surface area contributed by atoms with Crippen LogP contribution >= 0.6 is 23.5 Å². The Morgan fingerprint density at radius 1 is 0.471 bits per heavy atom. The molecule has 0 unspecified atom stereocenters. The lowest BCUT2D eigenvalue weighted by Crippen LogP contribution is -2.19. The zero-order valence-electron chi connectivity index (χ0n) is 21.6. The lowest BCUT2D eigenvalue weighted by molar-refractivity contribution is 1.35. The van der Waals surface area contributed by atoms with E-state index in [2.05, 4.69) is 123 Å². The standard InChI is InChI=1S/C28H40N2S2Si2/c1-33(2,3)21-19-31-27-15-11-25(12-16-27)29-23-7-9-24(10-8-23)30-26-13-17-28(18-14-26)32-20-22-34(4,5)6/h7-18,29-30H,19-22H2,1-6H3. The second kappa shape index (κ2) is 12.4. The van der Waals surface area contributed by atoms with Gasteiger partial charge in [0.15, 0.2) is 0 Å². The normalized spacial score (nSPS) is 11.9. The van der Waals surface area contributed by atoms with Crippen molar-refractivity contribution in [2.24, 2.45) is 0 Å². The van der Waals surface area contributed by atoms with Gasteiger partial charge in [-0.3, -0.25) is 0 Å². The molecule has 6 heteroatoms. The van der Waals surface area contributed by atoms with Gasteiger partial charge in [0, 0.05) is 48.7 Å². The SMILES string of the molecule is C[Si](C)(C)CCSc1ccc(Nc2ccc(Nc3ccc(SCC[Si](C)(C)C)cc3)cc2)cc1. The lowest BCUT2D eigenvalue weighted by Gasteiger charge is -2.15. The average molecular weight is 525 g/mol. The van der Waals surface area contributed by atoms with E-state index in [4.69, 9.17) is 0 Å². The van der Waals surface area contributed by atoms with Gasteiger partial charge in [-0.15, -0.1) is 23.5 Å². The summed E-state index contributed by atoms with van der Waals surface area (Å²) < 4.78 is 0. The Kier molecular flexibility index (Phi) is 9.83. The lowest BCUT2D eigenvalue weighted by atomic mass is 10.2. The summed E-state index contributed by atoms with van der Waals surface area (Å²) in [5.41, 5.74) is 4.44. The van der Waals surface area contributed by atoms with Crippen LogP contribution in [0.5, 0.6) is 0 Å². The van der Waals surface area contributed by atoms with Crippen LogP contribution in [-0.2, 0) is 0 Å². The Bertz CT molecular complexity index is 922. The van der Waals surface area contributed by atoms with Crippen LogP contribution in [0.4, 0.5) is 22.7 Å². The molecule has 0 heterocycles. The van der Waals surface area contributed by atoms with Crippen molar-refractivity contribution in [2.45, 2.75) is 61.2 Å². The summed E-state index contributed by atoms with van der Waals surface area (Å²) in [6, 6.07) is 28.8. The summed E-state index contributed by atoms with van der Waals surface area (Å²) in [6.45, 7) is 14.6. The van der Waals surface area contributed by atoms with E-state index < -0.39 is 16.1 Å². The third kappa shape index (κ3) is 10.3. The van der Waals surface area contributed by atoms with E-state index in [0.29, 0.717) is 0 Å². The molecule has 0 fully saturated rings. The van der Waals surface area contributed by atoms with E-state index in [0.717, 1.165) is 22.7 Å². The molecule has 0 radical (unpaired) electrons. The molecule has 0 atom stereocenters. The van der Waals surface area contributed by atoms with Gasteiger partial charge < -0.3 is 10.6 Å². The summed E-state index contributed by atoms with van der Waals surface area (Å²) in [5.74, 6) is 2.44. The van der Waals surface area contributed by atoms with Gasteiger partial charge in [0.05, 0.1) is 0 Å². The van der Waals surface area contributed by atoms with Crippen LogP contribution in [0, 0.1) is 0 Å². The van der Waals surface area contributed by atoms with E-state index in [1.54, 1.807) is 0 Å². The van der Waals surface area contributed by atoms with Crippen molar-refractivity contribution in [1.29, 1.82) is 0 Å². The third-order valence-corrected chi connectivity index (χ3v) is 11.7. The molecule has 0 aliphatic rings. The molecule has 0 spiro atoms. The monoisotopic (exact) mass is 524 g/mol. The molecule has 0 saturated carbocycles. The molecule has 0 aliphatic heterocycles. The molecule has 3 rings (SSSR count). The van der Waals surface area contributed by atoms with Crippen LogP contribution in [0.15, 0.2) is 82.6 Å². The predicted molar refractivity (Wildman–Crippen MR) is 164 cm³/mol. The molecule has 2 N–H and O–H groups in total. The largest absolute Gasteiger partial charge is 0.356 e. The number of rotatable bonds is 12. The highest BCUT2D eigenvalue weighted by Gasteiger charge is 2.13. The van der Waals surface area contributed by atoms with Gasteiger partial charge >= 0.3 is 0 Å². The number of anilines is 4. The van der Waals surface area contributed by atoms with Crippen LogP contribution in [0.25, 0.3) is 0 Å². The molecule has 0 aromatic heterocycles. The maximum atomic E-state index is 3.51. The minimum absolute atomic E-state index is 0.954. The molecule has 0 amide bonds. The topological polar surface area (TPSA) is 24.1 Å². The van der Waals surface area contributed by atoms with Crippen molar-refractivity contribution in [2.75, 3.05) is 22.1 Å². The molecule has 2 nitrogen and oxygen atoms in total. The van der Waals surface area contributed by atoms with Crippen molar-refractivity contribution >= 4 is 62.4 Å². The summed E-state index contributed by atoms with van der Waals surface area (Å²) in [5, 5.41) is 7.02. The summed E-state index contributed by atoms with van der Waals surface area (Å²) >= 11 is 3.94. The van der Waals surface area contributed by atoms with Gasteiger partial charge in [-0.2, -0.15) is 0 Å². The van der Waals surface area contributed by atoms with E-state index in [1.807, 2.05) is 23.5 Å². The first-order valence-electron chi connectivity index (χ1n) is 12.2. The van der Waals surface area contributed by atoms with Crippen molar-refractivity contribution in [1.82, 2.24) is 0 Å². The zero-order valence-corrected chi connectivity index (χ0v) is 25.2. The summed E-state index contributed by atoms with van der Waals surface area (Å²) in [7, 11) is -1.91. The molecule has 0 aliphatic carbocycles. The number of benzene rings is 3. The number of hydrogen-bond acceptors (Lipinski definition) is 4. The first-order chi connectivity index (χ1) is 16.1. The second-order valence-corrected chi connectivity index (χ2v) is 24.8. The van der Waals surface area contributed by atoms with Gasteiger partial charge in [-0.25, -0.2) is 0 Å². The molecule has 3 aromatic rings. The number of hydrogen-bond donors (Lipinski definition) is 2. The summed E-state index contributed by atoms with van der Waals surface area (Å²) in [4.78, 5) is 2.70. The van der Waals surface area contributed by atoms with Crippen LogP contribution < -0.4 is 10.6 Å². The van der Waals surface area contributed by atoms with E-state index in [-0.39, 0.29) is 0 Å². The Hall–Kier alpha value is -1.61. The van der Waals surface area contributed by atoms with Crippen LogP contribution in [0.3, 0.4) is 0 Å². The number of nitrogens with one attached hydrogen (secondary N) is 2. The highest BCUT2D eigenvalue weighted by molar-refractivity contribution is 7.99. The van der Waals surface area contributed by atoms with Crippen LogP contribution in [-0.4, -0.2) is 27.7 Å². The fourth-order valence-electron chi connectivity index (χ4n) is 3.19. The minimum Gasteiger partial charge on any atom is -0.356 e. The Labute approximate surface area is 217 Å². The Morgan fingerprint density at radius 3 is 1.00 bits per heavy atom. The summed E-state index contributed by atoms with van der Waals surface area (Å²) in [6.07, 6.45) is 0. The maximum Gasteiger partial charge on any atom is 0.0450 e. The molecule has 3 aromatic carbocycles. The van der Waals surface area contributed by atoms with Gasteiger partial charge in [0.1, 0.15) is 0 Å². The smallest absolute Gasteiger partial charge is 0.0450 e. The van der Waals surface area contributed by atoms with Gasteiger partial charge in [-0.1, -0.05) is 39.3 Å². The zero-order chi connectivity index (χ0) is 24.6. The first-order valence-corrected chi connectivity index (χ1v) is 21.5. The van der Waals surface area contributed by atoms with Gasteiger partial charge in [-0.05, 0) is 96.4 Å². The Morgan fingerprint density at radius 2 is 0.735 bits per heavy atom. The van der Waals surface area contributed by atoms with Crippen molar-refractivity contribution < 1.29 is 0 Å². The molecule has 0 bridgehead atoms. The van der Waals surface area contributed by atoms with E-state index in [9.17, 15) is 0 Å². The van der Waals surface area contributed by atoms with E-state index >= 15 is 0 Å². The Balaban J connectivity index is 1.46. The second-order valence-electron chi connectivity index (χ2n) is 11.2. The maximum absolute atomic E-state index is 3.51. The molecule has 0 saturated heterocycles. The minimum atomic E-state index is -0.954. The van der Waals surface area contributed by atoms with Crippen molar-refractivity contribution in [3.63, 3.8) is 0 Å². The molecular formula is C28H40N2S2Si2. The molecular weight excluding hydrogens is 485 g/mol. The third-order valence-electron chi connectivity index (χ3n) is 5.41. The highest BCUT2D eigenvalue weighted by Crippen LogP contribution is 2.27. The molecule has 182 valence electrons. The first kappa shape index (κ1) is 27.0. The predicted octanol–water partition coefficient (Wildman–Crippen LogP) is 10.0. The van der Waals surface area contributed by atoms with Crippen molar-refractivity contribution in [3.8, 4) is 0 Å².